The van der Waals surface area contributed by atoms with Crippen LogP contribution in [0.2, 0.25) is 0 Å². The highest BCUT2D eigenvalue weighted by atomic mass is 15.0. The lowest BCUT2D eigenvalue weighted by molar-refractivity contribution is 1.14. The molecule has 3 rings (SSSR count). The van der Waals surface area contributed by atoms with E-state index in [4.69, 9.17) is 0 Å². The smallest absolute Gasteiger partial charge is 0.0986 e. The van der Waals surface area contributed by atoms with Crippen LogP contribution in [0.4, 0.5) is 0 Å². The zero-order valence-corrected chi connectivity index (χ0v) is 9.32. The van der Waals surface area contributed by atoms with E-state index in [-0.39, 0.29) is 0 Å². The van der Waals surface area contributed by atoms with Crippen LogP contribution in [0.25, 0.3) is 23.0 Å². The van der Waals surface area contributed by atoms with Gasteiger partial charge in [-0.3, -0.25) is 0 Å². The van der Waals surface area contributed by atoms with Crippen LogP contribution in [0.5, 0.6) is 0 Å². The Balaban J connectivity index is 2.06. The highest BCUT2D eigenvalue weighted by Crippen LogP contribution is 2.19. The molecule has 0 aliphatic rings. The molecule has 0 bridgehead atoms. The maximum atomic E-state index is 4.01. The highest BCUT2D eigenvalue weighted by Gasteiger charge is 1.95. The fourth-order valence-corrected chi connectivity index (χ4v) is 1.92. The maximum Gasteiger partial charge on any atom is 0.0986 e. The average Bonchev–Trinajstić information content (AvgIpc) is 2.89. The topological polar surface area (TPSA) is 17.8 Å². The van der Waals surface area contributed by atoms with Gasteiger partial charge < -0.3 is 4.57 Å². The van der Waals surface area contributed by atoms with E-state index in [2.05, 4.69) is 53.5 Å². The molecule has 3 aromatic rings. The van der Waals surface area contributed by atoms with Gasteiger partial charge >= 0.3 is 0 Å². The fourth-order valence-electron chi connectivity index (χ4n) is 1.92. The Labute approximate surface area is 99.8 Å². The molecule has 0 spiro atoms. The van der Waals surface area contributed by atoms with Gasteiger partial charge in [0, 0.05) is 18.6 Å². The molecule has 17 heavy (non-hydrogen) atoms. The molecule has 0 aliphatic heterocycles. The van der Waals surface area contributed by atoms with Crippen LogP contribution in [-0.4, -0.2) is 9.55 Å². The molecule has 2 heteroatoms. The van der Waals surface area contributed by atoms with E-state index in [1.165, 1.54) is 16.3 Å². The second kappa shape index (κ2) is 4.26. The Hall–Kier alpha value is -2.35. The summed E-state index contributed by atoms with van der Waals surface area (Å²) < 4.78 is 1.93. The molecule has 0 saturated heterocycles. The number of nitrogens with zero attached hydrogens (tertiary/aromatic N) is 2. The summed E-state index contributed by atoms with van der Waals surface area (Å²) in [5, 5.41) is 2.53. The van der Waals surface area contributed by atoms with Crippen molar-refractivity contribution < 1.29 is 0 Å². The molecular weight excluding hydrogens is 208 g/mol. The Kier molecular flexibility index (Phi) is 2.47. The van der Waals surface area contributed by atoms with Crippen LogP contribution in [0.3, 0.4) is 0 Å². The minimum absolute atomic E-state index is 1.22. The van der Waals surface area contributed by atoms with Crippen molar-refractivity contribution in [2.24, 2.45) is 0 Å². The van der Waals surface area contributed by atoms with Crippen molar-refractivity contribution in [2.75, 3.05) is 0 Å². The van der Waals surface area contributed by atoms with Crippen molar-refractivity contribution in [1.82, 2.24) is 9.55 Å². The van der Waals surface area contributed by atoms with Gasteiger partial charge in [0.05, 0.1) is 6.33 Å². The molecule has 2 aromatic carbocycles. The summed E-state index contributed by atoms with van der Waals surface area (Å²) >= 11 is 0. The van der Waals surface area contributed by atoms with E-state index in [1.807, 2.05) is 17.0 Å². The van der Waals surface area contributed by atoms with E-state index in [1.54, 1.807) is 12.5 Å². The summed E-state index contributed by atoms with van der Waals surface area (Å²) in [4.78, 5) is 4.01. The molecule has 0 amide bonds. The molecule has 1 heterocycles. The summed E-state index contributed by atoms with van der Waals surface area (Å²) in [6.07, 6.45) is 9.58. The van der Waals surface area contributed by atoms with E-state index < -0.39 is 0 Å². The molecule has 0 aliphatic carbocycles. The summed E-state index contributed by atoms with van der Waals surface area (Å²) in [6, 6.07) is 14.7. The van der Waals surface area contributed by atoms with Gasteiger partial charge in [0.15, 0.2) is 0 Å². The van der Waals surface area contributed by atoms with Gasteiger partial charge in [-0.25, -0.2) is 4.98 Å². The standard InChI is InChI=1S/C15H12N2/c1-2-7-15-13(4-1)5-3-6-14(15)8-10-17-11-9-16-12-17/h1-12H/b10-8+. The lowest BCUT2D eigenvalue weighted by Crippen LogP contribution is -1.81. The molecule has 0 atom stereocenters. The average molecular weight is 220 g/mol. The van der Waals surface area contributed by atoms with Gasteiger partial charge in [0.2, 0.25) is 0 Å². The lowest BCUT2D eigenvalue weighted by atomic mass is 10.0. The second-order valence-corrected chi connectivity index (χ2v) is 3.89. The molecule has 0 unspecified atom stereocenters. The van der Waals surface area contributed by atoms with Crippen LogP contribution < -0.4 is 0 Å². The minimum Gasteiger partial charge on any atom is -0.313 e. The lowest BCUT2D eigenvalue weighted by Gasteiger charge is -2.01. The Morgan fingerprint density at radius 3 is 2.76 bits per heavy atom. The fraction of sp³-hybridized carbons (Fsp3) is 0. The molecule has 0 saturated carbocycles. The monoisotopic (exact) mass is 220 g/mol. The Morgan fingerprint density at radius 1 is 1.00 bits per heavy atom. The first kappa shape index (κ1) is 9.85. The number of hydrogen-bond acceptors (Lipinski definition) is 1. The van der Waals surface area contributed by atoms with E-state index >= 15 is 0 Å². The van der Waals surface area contributed by atoms with Gasteiger partial charge in [-0.1, -0.05) is 42.5 Å². The number of aromatic nitrogens is 2. The van der Waals surface area contributed by atoms with Crippen LogP contribution in [0.1, 0.15) is 5.56 Å². The van der Waals surface area contributed by atoms with Crippen molar-refractivity contribution in [3.63, 3.8) is 0 Å². The largest absolute Gasteiger partial charge is 0.313 e. The highest BCUT2D eigenvalue weighted by molar-refractivity contribution is 5.91. The molecular formula is C15H12N2. The molecule has 2 nitrogen and oxygen atoms in total. The first-order chi connectivity index (χ1) is 8.43. The van der Waals surface area contributed by atoms with Crippen molar-refractivity contribution in [1.29, 1.82) is 0 Å². The first-order valence-corrected chi connectivity index (χ1v) is 5.57. The number of fused-ring (bicyclic) bond motifs is 1. The molecule has 0 N–H and O–H groups in total. The molecule has 1 aromatic heterocycles. The van der Waals surface area contributed by atoms with Crippen molar-refractivity contribution in [2.45, 2.75) is 0 Å². The third-order valence-electron chi connectivity index (χ3n) is 2.77. The number of benzene rings is 2. The van der Waals surface area contributed by atoms with Crippen LogP contribution in [0, 0.1) is 0 Å². The van der Waals surface area contributed by atoms with Crippen LogP contribution in [0.15, 0.2) is 61.2 Å². The molecule has 82 valence electrons. The minimum atomic E-state index is 1.22. The van der Waals surface area contributed by atoms with Gasteiger partial charge in [0.1, 0.15) is 0 Å². The third kappa shape index (κ3) is 1.97. The summed E-state index contributed by atoms with van der Waals surface area (Å²) in [5.41, 5.74) is 1.22. The summed E-state index contributed by atoms with van der Waals surface area (Å²) in [7, 11) is 0. The second-order valence-electron chi connectivity index (χ2n) is 3.89. The van der Waals surface area contributed by atoms with Crippen LogP contribution >= 0.6 is 0 Å². The van der Waals surface area contributed by atoms with E-state index in [0.717, 1.165) is 0 Å². The molecule has 0 radical (unpaired) electrons. The normalized spacial score (nSPS) is 11.3. The molecule has 0 fully saturated rings. The van der Waals surface area contributed by atoms with Crippen molar-refractivity contribution >= 4 is 23.0 Å². The first-order valence-electron chi connectivity index (χ1n) is 5.57. The van der Waals surface area contributed by atoms with Gasteiger partial charge in [-0.05, 0) is 22.4 Å². The maximum absolute atomic E-state index is 4.01. The SMILES string of the molecule is C(=C\n1ccnc1)/c1cccc2ccccc12. The zero-order chi connectivity index (χ0) is 11.5. The zero-order valence-electron chi connectivity index (χ0n) is 9.32. The van der Waals surface area contributed by atoms with Gasteiger partial charge in [-0.15, -0.1) is 0 Å². The quantitative estimate of drug-likeness (QED) is 0.644. The van der Waals surface area contributed by atoms with Crippen LogP contribution in [-0.2, 0) is 0 Å². The predicted molar refractivity (Wildman–Crippen MR) is 71.4 cm³/mol. The predicted octanol–water partition coefficient (Wildman–Crippen LogP) is 3.66. The summed E-state index contributed by atoms with van der Waals surface area (Å²) in [5.74, 6) is 0. The van der Waals surface area contributed by atoms with Gasteiger partial charge in [-0.2, -0.15) is 0 Å². The third-order valence-corrected chi connectivity index (χ3v) is 2.77. The van der Waals surface area contributed by atoms with E-state index in [0.29, 0.717) is 0 Å². The number of rotatable bonds is 2. The van der Waals surface area contributed by atoms with Crippen molar-refractivity contribution in [3.8, 4) is 0 Å². The Morgan fingerprint density at radius 2 is 1.88 bits per heavy atom. The number of imidazole rings is 1. The summed E-state index contributed by atoms with van der Waals surface area (Å²) in [6.45, 7) is 0. The Bertz CT molecular complexity index is 646. The van der Waals surface area contributed by atoms with E-state index in [9.17, 15) is 0 Å². The van der Waals surface area contributed by atoms with Crippen molar-refractivity contribution in [3.05, 3.63) is 66.7 Å². The van der Waals surface area contributed by atoms with Gasteiger partial charge in [0.25, 0.3) is 0 Å². The number of hydrogen-bond donors (Lipinski definition) is 0.